The molecule has 84 valence electrons. The molecule has 3 heteroatoms. The van der Waals surface area contributed by atoms with Crippen LogP contribution in [0, 0.1) is 0 Å². The largest absolute Gasteiger partial charge is 0.329 e. The maximum Gasteiger partial charge on any atom is 0.211 e. The van der Waals surface area contributed by atoms with E-state index in [-0.39, 0.29) is 4.83 Å². The molecule has 0 bridgehead atoms. The van der Waals surface area contributed by atoms with Crippen molar-refractivity contribution in [3.63, 3.8) is 0 Å². The summed E-state index contributed by atoms with van der Waals surface area (Å²) in [5, 5.41) is 2.68. The number of fused-ring (bicyclic) bond motifs is 3. The van der Waals surface area contributed by atoms with E-state index in [4.69, 9.17) is 0 Å². The van der Waals surface area contributed by atoms with Gasteiger partial charge in [-0.05, 0) is 34.4 Å². The number of hydrogen-bond acceptors (Lipinski definition) is 1. The van der Waals surface area contributed by atoms with Crippen LogP contribution >= 0.6 is 15.9 Å². The monoisotopic (exact) mass is 287 g/mol. The number of halogens is 1. The summed E-state index contributed by atoms with van der Waals surface area (Å²) in [4.78, 5) is 10.7. The predicted octanol–water partition coefficient (Wildman–Crippen LogP) is 3.72. The average Bonchev–Trinajstić information content (AvgIpc) is 2.65. The minimum atomic E-state index is 0.210. The molecule has 1 unspecified atom stereocenters. The molecule has 0 aliphatic heterocycles. The number of anilines is 1. The first-order valence-electron chi connectivity index (χ1n) is 5.39. The van der Waals surface area contributed by atoms with Gasteiger partial charge in [0.05, 0.1) is 4.83 Å². The quantitative estimate of drug-likeness (QED) is 0.662. The van der Waals surface area contributed by atoms with E-state index in [1.54, 1.807) is 0 Å². The second-order valence-corrected chi connectivity index (χ2v) is 4.93. The highest BCUT2D eigenvalue weighted by atomic mass is 79.9. The van der Waals surface area contributed by atoms with Crippen molar-refractivity contribution in [1.82, 2.24) is 0 Å². The zero-order chi connectivity index (χ0) is 11.8. The molecule has 0 aromatic heterocycles. The van der Waals surface area contributed by atoms with Crippen LogP contribution in [0.2, 0.25) is 0 Å². The second kappa shape index (κ2) is 4.00. The third-order valence-corrected chi connectivity index (χ3v) is 4.06. The average molecular weight is 288 g/mol. The fourth-order valence-electron chi connectivity index (χ4n) is 2.31. The molecule has 0 heterocycles. The van der Waals surface area contributed by atoms with E-state index in [2.05, 4.69) is 39.4 Å². The van der Waals surface area contributed by atoms with E-state index in [0.717, 1.165) is 5.69 Å². The lowest BCUT2D eigenvalue weighted by atomic mass is 10.1. The zero-order valence-corrected chi connectivity index (χ0v) is 10.6. The van der Waals surface area contributed by atoms with Crippen molar-refractivity contribution in [3.05, 3.63) is 53.6 Å². The van der Waals surface area contributed by atoms with Gasteiger partial charge in [0.15, 0.2) is 0 Å². The Labute approximate surface area is 108 Å². The minimum Gasteiger partial charge on any atom is -0.329 e. The molecule has 0 saturated carbocycles. The van der Waals surface area contributed by atoms with Gasteiger partial charge in [-0.25, -0.2) is 0 Å². The Morgan fingerprint density at radius 2 is 1.82 bits per heavy atom. The molecule has 1 aliphatic carbocycles. The summed E-state index contributed by atoms with van der Waals surface area (Å²) < 4.78 is 0. The third-order valence-electron chi connectivity index (χ3n) is 3.07. The maximum absolute atomic E-state index is 10.5. The fraction of sp³-hybridized carbons (Fsp3) is 0.0714. The lowest BCUT2D eigenvalue weighted by Crippen LogP contribution is -1.95. The van der Waals surface area contributed by atoms with Gasteiger partial charge in [0.1, 0.15) is 0 Å². The summed E-state index contributed by atoms with van der Waals surface area (Å²) in [6.07, 6.45) is 0.701. The molecular weight excluding hydrogens is 278 g/mol. The van der Waals surface area contributed by atoms with Crippen molar-refractivity contribution in [2.75, 3.05) is 5.32 Å². The van der Waals surface area contributed by atoms with E-state index in [1.807, 2.05) is 24.3 Å². The Morgan fingerprint density at radius 3 is 2.65 bits per heavy atom. The van der Waals surface area contributed by atoms with Crippen LogP contribution in [0.4, 0.5) is 5.69 Å². The number of carbonyl (C=O) groups is 1. The summed E-state index contributed by atoms with van der Waals surface area (Å²) in [5.41, 5.74) is 5.82. The molecule has 3 rings (SSSR count). The number of amides is 1. The van der Waals surface area contributed by atoms with Crippen LogP contribution in [0.15, 0.2) is 42.5 Å². The van der Waals surface area contributed by atoms with Gasteiger partial charge in [-0.15, -0.1) is 0 Å². The van der Waals surface area contributed by atoms with Gasteiger partial charge < -0.3 is 5.32 Å². The Bertz CT molecular complexity index is 595. The van der Waals surface area contributed by atoms with Crippen molar-refractivity contribution >= 4 is 28.0 Å². The minimum absolute atomic E-state index is 0.210. The van der Waals surface area contributed by atoms with E-state index in [0.29, 0.717) is 6.41 Å². The lowest BCUT2D eigenvalue weighted by Gasteiger charge is -2.06. The highest BCUT2D eigenvalue weighted by Crippen LogP contribution is 2.48. The number of alkyl halides is 1. The highest BCUT2D eigenvalue weighted by molar-refractivity contribution is 9.09. The first-order chi connectivity index (χ1) is 8.31. The van der Waals surface area contributed by atoms with Crippen LogP contribution in [0.3, 0.4) is 0 Å². The SMILES string of the molecule is O=CNc1ccc2c(c1)C(Br)c1ccccc1-2. The van der Waals surface area contributed by atoms with E-state index in [9.17, 15) is 4.79 Å². The Kier molecular flexibility index (Phi) is 2.48. The van der Waals surface area contributed by atoms with Gasteiger partial charge in [0.25, 0.3) is 0 Å². The molecule has 2 aromatic rings. The van der Waals surface area contributed by atoms with Gasteiger partial charge in [0.2, 0.25) is 6.41 Å². The molecule has 0 saturated heterocycles. The van der Waals surface area contributed by atoms with Crippen LogP contribution in [-0.2, 0) is 4.79 Å². The van der Waals surface area contributed by atoms with Crippen LogP contribution < -0.4 is 5.32 Å². The number of rotatable bonds is 2. The Balaban J connectivity index is 2.17. The predicted molar refractivity (Wildman–Crippen MR) is 72.3 cm³/mol. The number of nitrogens with one attached hydrogen (secondary N) is 1. The van der Waals surface area contributed by atoms with E-state index in [1.165, 1.54) is 22.3 Å². The Morgan fingerprint density at radius 1 is 1.06 bits per heavy atom. The van der Waals surface area contributed by atoms with Crippen molar-refractivity contribution in [2.45, 2.75) is 4.83 Å². The highest BCUT2D eigenvalue weighted by Gasteiger charge is 2.26. The zero-order valence-electron chi connectivity index (χ0n) is 8.98. The lowest BCUT2D eigenvalue weighted by molar-refractivity contribution is -0.105. The molecule has 1 atom stereocenters. The van der Waals surface area contributed by atoms with Crippen molar-refractivity contribution in [3.8, 4) is 11.1 Å². The summed E-state index contributed by atoms with van der Waals surface area (Å²) in [7, 11) is 0. The summed E-state index contributed by atoms with van der Waals surface area (Å²) in [6, 6.07) is 14.3. The molecule has 0 radical (unpaired) electrons. The molecule has 1 aliphatic rings. The molecule has 1 N–H and O–H groups in total. The number of benzene rings is 2. The second-order valence-electron chi connectivity index (χ2n) is 4.01. The number of hydrogen-bond donors (Lipinski definition) is 1. The first kappa shape index (κ1) is 10.5. The first-order valence-corrected chi connectivity index (χ1v) is 6.30. The van der Waals surface area contributed by atoms with Gasteiger partial charge in [-0.3, -0.25) is 4.79 Å². The molecule has 17 heavy (non-hydrogen) atoms. The molecule has 0 fully saturated rings. The summed E-state index contributed by atoms with van der Waals surface area (Å²) in [6.45, 7) is 0. The smallest absolute Gasteiger partial charge is 0.211 e. The fourth-order valence-corrected chi connectivity index (χ4v) is 3.08. The summed E-state index contributed by atoms with van der Waals surface area (Å²) in [5.74, 6) is 0. The molecular formula is C14H10BrNO. The van der Waals surface area contributed by atoms with Crippen LogP contribution in [0.1, 0.15) is 16.0 Å². The molecule has 2 aromatic carbocycles. The topological polar surface area (TPSA) is 29.1 Å². The van der Waals surface area contributed by atoms with Gasteiger partial charge in [-0.2, -0.15) is 0 Å². The van der Waals surface area contributed by atoms with Crippen LogP contribution in [-0.4, -0.2) is 6.41 Å². The van der Waals surface area contributed by atoms with Gasteiger partial charge in [-0.1, -0.05) is 46.3 Å². The molecule has 0 spiro atoms. The van der Waals surface area contributed by atoms with Crippen molar-refractivity contribution in [2.24, 2.45) is 0 Å². The van der Waals surface area contributed by atoms with Crippen molar-refractivity contribution in [1.29, 1.82) is 0 Å². The van der Waals surface area contributed by atoms with Crippen LogP contribution in [0.5, 0.6) is 0 Å². The summed E-state index contributed by atoms with van der Waals surface area (Å²) >= 11 is 3.70. The standard InChI is InChI=1S/C14H10BrNO/c15-14-12-4-2-1-3-10(12)11-6-5-9(16-8-17)7-13(11)14/h1-8,14H,(H,16,17). The van der Waals surface area contributed by atoms with Crippen LogP contribution in [0.25, 0.3) is 11.1 Å². The van der Waals surface area contributed by atoms with E-state index >= 15 is 0 Å². The third kappa shape index (κ3) is 1.58. The molecule has 2 nitrogen and oxygen atoms in total. The Hall–Kier alpha value is -1.61. The maximum atomic E-state index is 10.5. The normalized spacial score (nSPS) is 16.2. The van der Waals surface area contributed by atoms with Gasteiger partial charge in [0, 0.05) is 5.69 Å². The number of carbonyl (C=O) groups excluding carboxylic acids is 1. The van der Waals surface area contributed by atoms with Gasteiger partial charge >= 0.3 is 0 Å². The molecule has 1 amide bonds. The van der Waals surface area contributed by atoms with Crippen molar-refractivity contribution < 1.29 is 4.79 Å². The van der Waals surface area contributed by atoms with E-state index < -0.39 is 0 Å².